The molecule has 0 bridgehead atoms. The van der Waals surface area contributed by atoms with Crippen LogP contribution in [0.3, 0.4) is 0 Å². The lowest BCUT2D eigenvalue weighted by Gasteiger charge is -2.60. The molecule has 11 atom stereocenters. The van der Waals surface area contributed by atoms with Crippen LogP contribution in [-0.2, 0) is 0 Å². The predicted octanol–water partition coefficient (Wildman–Crippen LogP) is 4.92. The summed E-state index contributed by atoms with van der Waals surface area (Å²) in [6.45, 7) is 10.9. The lowest BCUT2D eigenvalue weighted by atomic mass is 9.46. The zero-order valence-corrected chi connectivity index (χ0v) is 19.7. The molecule has 0 aromatic carbocycles. The summed E-state index contributed by atoms with van der Waals surface area (Å²) in [5, 5.41) is 25.8. The van der Waals surface area contributed by atoms with Crippen LogP contribution in [0.25, 0.3) is 0 Å². The SMILES string of the molecule is C[C@H]1CC[C@H]([C@@H](C)[C@H]2CC[C@H]3[C@@H]4CC=C5C[C@@H](O)CC[C@]5(C)[C@H]4C[C@H](O)[C@]23C)NC1. The second kappa shape index (κ2) is 7.59. The van der Waals surface area contributed by atoms with Crippen molar-refractivity contribution in [3.8, 4) is 0 Å². The highest BCUT2D eigenvalue weighted by molar-refractivity contribution is 5.26. The summed E-state index contributed by atoms with van der Waals surface area (Å²) in [4.78, 5) is 0. The molecule has 1 aliphatic heterocycles. The van der Waals surface area contributed by atoms with E-state index in [0.717, 1.165) is 44.1 Å². The standard InChI is InChI=1S/C27H45NO2/c1-16-5-10-24(28-15-16)17(2)21-8-9-22-20-7-6-18-13-19(29)11-12-26(18,3)23(20)14-25(30)27(21,22)4/h6,16-17,19-25,28-30H,5,7-15H2,1-4H3/t16-,17-,19-,20-,21+,22-,23-,24+,25-,26-,27+/m0/s1. The fourth-order valence-corrected chi connectivity index (χ4v) is 9.25. The Morgan fingerprint density at radius 1 is 1.07 bits per heavy atom. The van der Waals surface area contributed by atoms with Crippen LogP contribution in [0.1, 0.15) is 85.5 Å². The van der Waals surface area contributed by atoms with Gasteiger partial charge in [-0.25, -0.2) is 0 Å². The topological polar surface area (TPSA) is 52.5 Å². The second-order valence-corrected chi connectivity index (χ2v) is 12.5. The van der Waals surface area contributed by atoms with Crippen molar-refractivity contribution < 1.29 is 10.2 Å². The van der Waals surface area contributed by atoms with Gasteiger partial charge < -0.3 is 15.5 Å². The number of hydrogen-bond acceptors (Lipinski definition) is 3. The van der Waals surface area contributed by atoms with Gasteiger partial charge in [-0.05, 0) is 111 Å². The van der Waals surface area contributed by atoms with Gasteiger partial charge in [-0.15, -0.1) is 0 Å². The molecule has 0 spiro atoms. The molecule has 3 heteroatoms. The fourth-order valence-electron chi connectivity index (χ4n) is 9.25. The van der Waals surface area contributed by atoms with E-state index in [4.69, 9.17) is 0 Å². The van der Waals surface area contributed by atoms with E-state index in [-0.39, 0.29) is 23.0 Å². The van der Waals surface area contributed by atoms with Crippen LogP contribution < -0.4 is 5.32 Å². The summed E-state index contributed by atoms with van der Waals surface area (Å²) in [6, 6.07) is 0.627. The third kappa shape index (κ3) is 3.09. The van der Waals surface area contributed by atoms with Crippen molar-refractivity contribution in [3.63, 3.8) is 0 Å². The Labute approximate surface area is 184 Å². The molecule has 0 radical (unpaired) electrons. The Hall–Kier alpha value is -0.380. The molecule has 3 saturated carbocycles. The van der Waals surface area contributed by atoms with Gasteiger partial charge in [0.2, 0.25) is 0 Å². The number of rotatable bonds is 2. The molecule has 3 nitrogen and oxygen atoms in total. The van der Waals surface area contributed by atoms with Crippen molar-refractivity contribution in [2.75, 3.05) is 6.54 Å². The van der Waals surface area contributed by atoms with E-state index >= 15 is 0 Å². The zero-order valence-electron chi connectivity index (χ0n) is 19.7. The Kier molecular flexibility index (Phi) is 5.43. The third-order valence-corrected chi connectivity index (χ3v) is 11.2. The summed E-state index contributed by atoms with van der Waals surface area (Å²) in [5.74, 6) is 4.06. The molecular formula is C27H45NO2. The molecule has 1 saturated heterocycles. The van der Waals surface area contributed by atoms with Crippen molar-refractivity contribution in [3.05, 3.63) is 11.6 Å². The maximum absolute atomic E-state index is 11.7. The third-order valence-electron chi connectivity index (χ3n) is 11.2. The van der Waals surface area contributed by atoms with Crippen LogP contribution in [-0.4, -0.2) is 35.0 Å². The number of aliphatic hydroxyl groups is 2. The smallest absolute Gasteiger partial charge is 0.0602 e. The Bertz CT molecular complexity index is 682. The molecular weight excluding hydrogens is 370 g/mol. The van der Waals surface area contributed by atoms with Crippen LogP contribution in [0.2, 0.25) is 0 Å². The molecule has 0 amide bonds. The lowest BCUT2D eigenvalue weighted by Crippen LogP contribution is -2.58. The van der Waals surface area contributed by atoms with Crippen molar-refractivity contribution in [1.29, 1.82) is 0 Å². The van der Waals surface area contributed by atoms with Gasteiger partial charge in [-0.2, -0.15) is 0 Å². The predicted molar refractivity (Wildman–Crippen MR) is 122 cm³/mol. The van der Waals surface area contributed by atoms with Crippen LogP contribution in [0.5, 0.6) is 0 Å². The number of fused-ring (bicyclic) bond motifs is 5. The largest absolute Gasteiger partial charge is 0.393 e. The van der Waals surface area contributed by atoms with Crippen molar-refractivity contribution in [2.24, 2.45) is 46.3 Å². The number of nitrogens with one attached hydrogen (secondary N) is 1. The molecule has 5 rings (SSSR count). The first-order valence-electron chi connectivity index (χ1n) is 13.0. The summed E-state index contributed by atoms with van der Waals surface area (Å²) < 4.78 is 0. The van der Waals surface area contributed by atoms with Gasteiger partial charge >= 0.3 is 0 Å². The number of piperidine rings is 1. The van der Waals surface area contributed by atoms with E-state index in [2.05, 4.69) is 39.1 Å². The maximum atomic E-state index is 11.7. The van der Waals surface area contributed by atoms with Gasteiger partial charge in [0, 0.05) is 6.04 Å². The molecule has 5 aliphatic rings. The van der Waals surface area contributed by atoms with Crippen LogP contribution >= 0.6 is 0 Å². The minimum absolute atomic E-state index is 0.0706. The Morgan fingerprint density at radius 3 is 2.60 bits per heavy atom. The monoisotopic (exact) mass is 415 g/mol. The molecule has 4 fully saturated rings. The van der Waals surface area contributed by atoms with E-state index < -0.39 is 0 Å². The number of hydrogen-bond donors (Lipinski definition) is 3. The molecule has 0 aromatic rings. The summed E-state index contributed by atoms with van der Waals surface area (Å²) in [7, 11) is 0. The van der Waals surface area contributed by atoms with E-state index in [9.17, 15) is 10.2 Å². The summed E-state index contributed by atoms with van der Waals surface area (Å²) in [6.07, 6.45) is 12.5. The van der Waals surface area contributed by atoms with E-state index in [1.54, 1.807) is 0 Å². The minimum atomic E-state index is -0.177. The average molecular weight is 416 g/mol. The summed E-state index contributed by atoms with van der Waals surface area (Å²) in [5.41, 5.74) is 1.78. The molecule has 1 heterocycles. The van der Waals surface area contributed by atoms with E-state index in [0.29, 0.717) is 29.7 Å². The minimum Gasteiger partial charge on any atom is -0.393 e. The van der Waals surface area contributed by atoms with Crippen molar-refractivity contribution >= 4 is 0 Å². The van der Waals surface area contributed by atoms with Gasteiger partial charge in [0.15, 0.2) is 0 Å². The van der Waals surface area contributed by atoms with Crippen molar-refractivity contribution in [1.82, 2.24) is 5.32 Å². The molecule has 30 heavy (non-hydrogen) atoms. The van der Waals surface area contributed by atoms with Crippen molar-refractivity contribution in [2.45, 2.75) is 104 Å². The number of allylic oxidation sites excluding steroid dienone is 1. The maximum Gasteiger partial charge on any atom is 0.0602 e. The zero-order chi connectivity index (χ0) is 21.3. The van der Waals surface area contributed by atoms with Crippen LogP contribution in [0, 0.1) is 46.3 Å². The molecule has 170 valence electrons. The van der Waals surface area contributed by atoms with Crippen LogP contribution in [0.15, 0.2) is 11.6 Å². The second-order valence-electron chi connectivity index (χ2n) is 12.5. The summed E-state index contributed by atoms with van der Waals surface area (Å²) >= 11 is 0. The molecule has 0 unspecified atom stereocenters. The van der Waals surface area contributed by atoms with Gasteiger partial charge in [-0.1, -0.05) is 39.3 Å². The van der Waals surface area contributed by atoms with E-state index in [1.165, 1.54) is 37.7 Å². The Morgan fingerprint density at radius 2 is 1.87 bits per heavy atom. The first-order chi connectivity index (χ1) is 14.2. The molecule has 4 aliphatic carbocycles. The highest BCUT2D eigenvalue weighted by Crippen LogP contribution is 2.67. The normalized spacial score (nSPS) is 54.5. The van der Waals surface area contributed by atoms with Gasteiger partial charge in [-0.3, -0.25) is 0 Å². The van der Waals surface area contributed by atoms with Gasteiger partial charge in [0.1, 0.15) is 0 Å². The first kappa shape index (κ1) is 21.5. The first-order valence-corrected chi connectivity index (χ1v) is 13.0. The lowest BCUT2D eigenvalue weighted by molar-refractivity contribution is -0.138. The highest BCUT2D eigenvalue weighted by atomic mass is 16.3. The number of aliphatic hydroxyl groups excluding tert-OH is 2. The fraction of sp³-hybridized carbons (Fsp3) is 0.926. The van der Waals surface area contributed by atoms with Gasteiger partial charge in [0.25, 0.3) is 0 Å². The quantitative estimate of drug-likeness (QED) is 0.561. The average Bonchev–Trinajstić information content (AvgIpc) is 3.08. The van der Waals surface area contributed by atoms with Gasteiger partial charge in [0.05, 0.1) is 12.2 Å². The van der Waals surface area contributed by atoms with E-state index in [1.807, 2.05) is 0 Å². The molecule has 3 N–H and O–H groups in total. The van der Waals surface area contributed by atoms with Crippen LogP contribution in [0.4, 0.5) is 0 Å². The molecule has 0 aromatic heterocycles. The highest BCUT2D eigenvalue weighted by Gasteiger charge is 2.63. The Balaban J connectivity index is 1.40.